The van der Waals surface area contributed by atoms with Crippen LogP contribution in [0.3, 0.4) is 0 Å². The minimum Gasteiger partial charge on any atom is -0.345 e. The molecule has 0 fully saturated rings. The van der Waals surface area contributed by atoms with E-state index in [0.29, 0.717) is 17.3 Å². The predicted molar refractivity (Wildman–Crippen MR) is 72.0 cm³/mol. The van der Waals surface area contributed by atoms with Gasteiger partial charge < -0.3 is 9.84 Å². The molecule has 1 amide bonds. The Morgan fingerprint density at radius 3 is 2.56 bits per heavy atom. The van der Waals surface area contributed by atoms with Crippen LogP contribution in [0.25, 0.3) is 0 Å². The monoisotopic (exact) mass is 373 g/mol. The molecule has 1 aromatic carbocycles. The first-order chi connectivity index (χ1) is 8.54. The third kappa shape index (κ3) is 3.39. The van der Waals surface area contributed by atoms with Crippen LogP contribution in [-0.4, -0.2) is 16.0 Å². The largest absolute Gasteiger partial charge is 0.345 e. The maximum Gasteiger partial charge on any atom is 0.251 e. The van der Waals surface area contributed by atoms with E-state index < -0.39 is 0 Å². The van der Waals surface area contributed by atoms with Crippen molar-refractivity contribution >= 4 is 37.8 Å². The number of carbonyl (C=O) groups is 1. The number of aromatic nitrogens is 2. The zero-order chi connectivity index (χ0) is 13.1. The molecule has 1 aromatic heterocycles. The van der Waals surface area contributed by atoms with E-state index in [0.717, 1.165) is 8.95 Å². The summed E-state index contributed by atoms with van der Waals surface area (Å²) in [5.41, 5.74) is 0.552. The average molecular weight is 375 g/mol. The summed E-state index contributed by atoms with van der Waals surface area (Å²) in [5, 5.41) is 6.41. The molecule has 18 heavy (non-hydrogen) atoms. The summed E-state index contributed by atoms with van der Waals surface area (Å²) < 4.78 is 6.48. The van der Waals surface area contributed by atoms with Crippen molar-refractivity contribution in [3.8, 4) is 0 Å². The summed E-state index contributed by atoms with van der Waals surface area (Å²) in [6.45, 7) is 1.93. The van der Waals surface area contributed by atoms with Gasteiger partial charge in [0.2, 0.25) is 5.89 Å². The Kier molecular flexibility index (Phi) is 4.13. The highest BCUT2D eigenvalue weighted by molar-refractivity contribution is 9.11. The molecule has 2 aromatic rings. The zero-order valence-corrected chi connectivity index (χ0v) is 12.6. The smallest absolute Gasteiger partial charge is 0.251 e. The predicted octanol–water partition coefficient (Wildman–Crippen LogP) is 2.83. The van der Waals surface area contributed by atoms with E-state index in [9.17, 15) is 4.79 Å². The Morgan fingerprint density at radius 2 is 2.00 bits per heavy atom. The van der Waals surface area contributed by atoms with E-state index in [-0.39, 0.29) is 12.5 Å². The number of hydrogen-bond donors (Lipinski definition) is 1. The van der Waals surface area contributed by atoms with E-state index >= 15 is 0 Å². The van der Waals surface area contributed by atoms with E-state index in [4.69, 9.17) is 4.52 Å². The van der Waals surface area contributed by atoms with Crippen molar-refractivity contribution in [2.45, 2.75) is 13.5 Å². The molecule has 1 N–H and O–H groups in total. The van der Waals surface area contributed by atoms with Gasteiger partial charge in [0.05, 0.1) is 6.54 Å². The molecule has 0 unspecified atom stereocenters. The first-order valence-electron chi connectivity index (χ1n) is 5.08. The fraction of sp³-hybridized carbons (Fsp3) is 0.182. The van der Waals surface area contributed by atoms with Gasteiger partial charge in [0.25, 0.3) is 5.91 Å². The second kappa shape index (κ2) is 5.62. The van der Waals surface area contributed by atoms with Gasteiger partial charge in [-0.3, -0.25) is 4.79 Å². The molecule has 0 saturated carbocycles. The molecular formula is C11H9Br2N3O2. The number of carbonyl (C=O) groups excluding carboxylic acids is 1. The lowest BCUT2D eigenvalue weighted by Crippen LogP contribution is -2.23. The number of nitrogens with zero attached hydrogens (tertiary/aromatic N) is 2. The van der Waals surface area contributed by atoms with Crippen LogP contribution < -0.4 is 5.32 Å². The number of benzene rings is 1. The summed E-state index contributed by atoms with van der Waals surface area (Å²) in [6, 6.07) is 5.34. The van der Waals surface area contributed by atoms with Crippen LogP contribution in [0.2, 0.25) is 0 Å². The Morgan fingerprint density at radius 1 is 1.33 bits per heavy atom. The molecule has 0 atom stereocenters. The Bertz CT molecular complexity index is 563. The van der Waals surface area contributed by atoms with E-state index in [1.165, 1.54) is 0 Å². The number of nitrogens with one attached hydrogen (secondary N) is 1. The Balaban J connectivity index is 2.03. The van der Waals surface area contributed by atoms with Crippen molar-refractivity contribution in [3.63, 3.8) is 0 Å². The van der Waals surface area contributed by atoms with Gasteiger partial charge in [-0.15, -0.1) is 0 Å². The maximum atomic E-state index is 11.9. The molecule has 1 heterocycles. The van der Waals surface area contributed by atoms with Crippen LogP contribution in [0.5, 0.6) is 0 Å². The molecule has 94 valence electrons. The minimum atomic E-state index is -0.195. The van der Waals surface area contributed by atoms with Gasteiger partial charge in [-0.1, -0.05) is 37.0 Å². The lowest BCUT2D eigenvalue weighted by atomic mass is 10.2. The molecule has 2 rings (SSSR count). The van der Waals surface area contributed by atoms with Crippen LogP contribution in [0.15, 0.2) is 31.7 Å². The normalized spacial score (nSPS) is 10.4. The third-order valence-corrected chi connectivity index (χ3v) is 3.02. The number of hydrogen-bond acceptors (Lipinski definition) is 4. The standard InChI is InChI=1S/C11H9Br2N3O2/c1-6-15-10(16-18-6)5-14-11(17)7-2-8(12)4-9(13)3-7/h2-4H,5H2,1H3,(H,14,17). The van der Waals surface area contributed by atoms with Gasteiger partial charge in [0.1, 0.15) is 0 Å². The van der Waals surface area contributed by atoms with Gasteiger partial charge >= 0.3 is 0 Å². The first kappa shape index (κ1) is 13.2. The third-order valence-electron chi connectivity index (χ3n) is 2.10. The highest BCUT2D eigenvalue weighted by Gasteiger charge is 2.09. The van der Waals surface area contributed by atoms with Gasteiger partial charge in [-0.2, -0.15) is 4.98 Å². The van der Waals surface area contributed by atoms with Crippen molar-refractivity contribution in [2.75, 3.05) is 0 Å². The second-order valence-corrected chi connectivity index (χ2v) is 5.40. The van der Waals surface area contributed by atoms with Crippen LogP contribution in [-0.2, 0) is 6.54 Å². The Hall–Kier alpha value is -1.21. The molecule has 5 nitrogen and oxygen atoms in total. The number of aryl methyl sites for hydroxylation is 1. The molecule has 7 heteroatoms. The second-order valence-electron chi connectivity index (χ2n) is 3.57. The molecule has 0 saturated heterocycles. The van der Waals surface area contributed by atoms with Crippen LogP contribution >= 0.6 is 31.9 Å². The van der Waals surface area contributed by atoms with E-state index in [1.54, 1.807) is 19.1 Å². The van der Waals surface area contributed by atoms with Crippen LogP contribution in [0.4, 0.5) is 0 Å². The zero-order valence-electron chi connectivity index (χ0n) is 9.41. The van der Waals surface area contributed by atoms with E-state index in [2.05, 4.69) is 47.3 Å². The van der Waals surface area contributed by atoms with Crippen molar-refractivity contribution in [3.05, 3.63) is 44.4 Å². The molecule has 0 bridgehead atoms. The summed E-state index contributed by atoms with van der Waals surface area (Å²) >= 11 is 6.66. The fourth-order valence-corrected chi connectivity index (χ4v) is 2.65. The van der Waals surface area contributed by atoms with Gasteiger partial charge in [0.15, 0.2) is 5.82 Å². The number of halogens is 2. The first-order valence-corrected chi connectivity index (χ1v) is 6.66. The van der Waals surface area contributed by atoms with Gasteiger partial charge in [-0.05, 0) is 18.2 Å². The van der Waals surface area contributed by atoms with Crippen molar-refractivity contribution in [1.29, 1.82) is 0 Å². The summed E-state index contributed by atoms with van der Waals surface area (Å²) in [7, 11) is 0. The molecule has 0 aliphatic heterocycles. The lowest BCUT2D eigenvalue weighted by Gasteiger charge is -2.04. The highest BCUT2D eigenvalue weighted by Crippen LogP contribution is 2.20. The van der Waals surface area contributed by atoms with Gasteiger partial charge in [0, 0.05) is 21.4 Å². The summed E-state index contributed by atoms with van der Waals surface area (Å²) in [6.07, 6.45) is 0. The molecule has 0 aliphatic rings. The van der Waals surface area contributed by atoms with Crippen molar-refractivity contribution in [1.82, 2.24) is 15.5 Å². The van der Waals surface area contributed by atoms with Crippen LogP contribution in [0, 0.1) is 6.92 Å². The summed E-state index contributed by atoms with van der Waals surface area (Å²) in [5.74, 6) is 0.735. The van der Waals surface area contributed by atoms with Crippen molar-refractivity contribution < 1.29 is 9.32 Å². The van der Waals surface area contributed by atoms with E-state index in [1.807, 2.05) is 6.07 Å². The van der Waals surface area contributed by atoms with Crippen molar-refractivity contribution in [2.24, 2.45) is 0 Å². The van der Waals surface area contributed by atoms with Gasteiger partial charge in [-0.25, -0.2) is 0 Å². The summed E-state index contributed by atoms with van der Waals surface area (Å²) in [4.78, 5) is 15.9. The fourth-order valence-electron chi connectivity index (χ4n) is 1.36. The van der Waals surface area contributed by atoms with Crippen LogP contribution in [0.1, 0.15) is 22.1 Å². The minimum absolute atomic E-state index is 0.195. The SMILES string of the molecule is Cc1nc(CNC(=O)c2cc(Br)cc(Br)c2)no1. The number of rotatable bonds is 3. The quantitative estimate of drug-likeness (QED) is 0.896. The topological polar surface area (TPSA) is 68.0 Å². The Labute approximate surface area is 120 Å². The maximum absolute atomic E-state index is 11.9. The molecule has 0 spiro atoms. The number of amides is 1. The molecule has 0 radical (unpaired) electrons. The average Bonchev–Trinajstić information content (AvgIpc) is 2.70. The lowest BCUT2D eigenvalue weighted by molar-refractivity contribution is 0.0949. The molecule has 0 aliphatic carbocycles. The molecular weight excluding hydrogens is 366 g/mol. The highest BCUT2D eigenvalue weighted by atomic mass is 79.9.